The van der Waals surface area contributed by atoms with Crippen molar-refractivity contribution in [3.05, 3.63) is 29.7 Å². The van der Waals surface area contributed by atoms with Crippen LogP contribution < -0.4 is 17.7 Å². The minimum absolute atomic E-state index is 0. The maximum Gasteiger partial charge on any atom is 0.170 e. The molecule has 2 N–H and O–H groups in total. The molecular formula is C12H14ClFN2O. The number of halogens is 2. The van der Waals surface area contributed by atoms with E-state index in [1.165, 1.54) is 12.1 Å². The molecule has 0 aliphatic carbocycles. The number of hydrogen-bond donors (Lipinski definition) is 1. The zero-order valence-electron chi connectivity index (χ0n) is 9.33. The van der Waals surface area contributed by atoms with E-state index in [1.54, 1.807) is 6.07 Å². The minimum Gasteiger partial charge on any atom is -1.00 e. The lowest BCUT2D eigenvalue weighted by Crippen LogP contribution is -3.00. The topological polar surface area (TPSA) is 42.6 Å². The lowest BCUT2D eigenvalue weighted by molar-refractivity contribution is -0.663. The summed E-state index contributed by atoms with van der Waals surface area (Å²) in [5.74, 6) is 0.198. The first-order valence-electron chi connectivity index (χ1n) is 5.71. The minimum atomic E-state index is -0.271. The number of fused-ring (bicyclic) bond motifs is 1. The predicted octanol–water partition coefficient (Wildman–Crippen LogP) is -1.59. The molecule has 0 bridgehead atoms. The number of nitrogens with zero attached hydrogens (tertiary/aromatic N) is 1. The molecule has 0 saturated carbocycles. The van der Waals surface area contributed by atoms with Crippen LogP contribution >= 0.6 is 0 Å². The number of quaternary nitrogens is 1. The standard InChI is InChI=1S/C12H13FN2O.ClH/c13-9-1-2-10-11(7-9)16-15-12(10)8-3-5-14-6-4-8;/h1-2,7-8,14H,3-6H2;1H. The molecule has 0 radical (unpaired) electrons. The molecular weight excluding hydrogens is 243 g/mol. The van der Waals surface area contributed by atoms with Crippen molar-refractivity contribution in [1.82, 2.24) is 5.16 Å². The van der Waals surface area contributed by atoms with E-state index in [4.69, 9.17) is 4.52 Å². The Balaban J connectivity index is 0.00000108. The maximum absolute atomic E-state index is 13.0. The van der Waals surface area contributed by atoms with Crippen LogP contribution in [0.3, 0.4) is 0 Å². The third kappa shape index (κ3) is 2.28. The third-order valence-electron chi connectivity index (χ3n) is 3.29. The Morgan fingerprint density at radius 3 is 2.82 bits per heavy atom. The summed E-state index contributed by atoms with van der Waals surface area (Å²) in [5, 5.41) is 7.39. The number of piperidine rings is 1. The smallest absolute Gasteiger partial charge is 0.170 e. The Morgan fingerprint density at radius 2 is 2.06 bits per heavy atom. The summed E-state index contributed by atoms with van der Waals surface area (Å²) in [6.45, 7) is 2.28. The summed E-state index contributed by atoms with van der Waals surface area (Å²) in [6.07, 6.45) is 2.25. The molecule has 1 aromatic carbocycles. The summed E-state index contributed by atoms with van der Waals surface area (Å²) in [6, 6.07) is 4.65. The first-order chi connectivity index (χ1) is 7.84. The van der Waals surface area contributed by atoms with Crippen molar-refractivity contribution in [3.8, 4) is 0 Å². The van der Waals surface area contributed by atoms with E-state index in [-0.39, 0.29) is 18.2 Å². The van der Waals surface area contributed by atoms with Gasteiger partial charge in [0.15, 0.2) is 5.58 Å². The summed E-state index contributed by atoms with van der Waals surface area (Å²) in [7, 11) is 0. The third-order valence-corrected chi connectivity index (χ3v) is 3.29. The highest BCUT2D eigenvalue weighted by atomic mass is 35.5. The van der Waals surface area contributed by atoms with Gasteiger partial charge in [0.25, 0.3) is 0 Å². The van der Waals surface area contributed by atoms with Crippen LogP contribution in [0.4, 0.5) is 4.39 Å². The molecule has 3 rings (SSSR count). The molecule has 2 heterocycles. The fourth-order valence-corrected chi connectivity index (χ4v) is 2.43. The highest BCUT2D eigenvalue weighted by Gasteiger charge is 2.23. The molecule has 0 unspecified atom stereocenters. The van der Waals surface area contributed by atoms with Crippen LogP contribution in [0.5, 0.6) is 0 Å². The van der Waals surface area contributed by atoms with Gasteiger partial charge in [-0.3, -0.25) is 0 Å². The van der Waals surface area contributed by atoms with Crippen molar-refractivity contribution in [2.24, 2.45) is 0 Å². The van der Waals surface area contributed by atoms with Gasteiger partial charge < -0.3 is 22.2 Å². The zero-order valence-corrected chi connectivity index (χ0v) is 10.1. The van der Waals surface area contributed by atoms with E-state index >= 15 is 0 Å². The van der Waals surface area contributed by atoms with Crippen molar-refractivity contribution in [2.75, 3.05) is 13.1 Å². The molecule has 92 valence electrons. The van der Waals surface area contributed by atoms with Crippen molar-refractivity contribution in [1.29, 1.82) is 0 Å². The average molecular weight is 257 g/mol. The van der Waals surface area contributed by atoms with E-state index in [0.717, 1.165) is 37.0 Å². The Labute approximate surface area is 105 Å². The molecule has 1 saturated heterocycles. The molecule has 5 heteroatoms. The second-order valence-corrected chi connectivity index (χ2v) is 4.35. The quantitative estimate of drug-likeness (QED) is 0.669. The number of aromatic nitrogens is 1. The van der Waals surface area contributed by atoms with Crippen LogP contribution in [0.15, 0.2) is 22.7 Å². The van der Waals surface area contributed by atoms with E-state index in [2.05, 4.69) is 10.5 Å². The van der Waals surface area contributed by atoms with Gasteiger partial charge in [-0.05, 0) is 12.1 Å². The van der Waals surface area contributed by atoms with Gasteiger partial charge in [0.05, 0.1) is 18.8 Å². The van der Waals surface area contributed by atoms with Gasteiger partial charge in [0.1, 0.15) is 5.82 Å². The highest BCUT2D eigenvalue weighted by Crippen LogP contribution is 2.29. The molecule has 17 heavy (non-hydrogen) atoms. The number of rotatable bonds is 1. The van der Waals surface area contributed by atoms with Gasteiger partial charge in [-0.1, -0.05) is 5.16 Å². The molecule has 1 aliphatic rings. The lowest BCUT2D eigenvalue weighted by atomic mass is 9.93. The molecule has 0 spiro atoms. The van der Waals surface area contributed by atoms with Crippen LogP contribution in [0, 0.1) is 5.82 Å². The Kier molecular flexibility index (Phi) is 3.64. The largest absolute Gasteiger partial charge is 1.00 e. The van der Waals surface area contributed by atoms with Gasteiger partial charge in [0.2, 0.25) is 0 Å². The van der Waals surface area contributed by atoms with Crippen LogP contribution in [0.2, 0.25) is 0 Å². The SMILES string of the molecule is Fc1ccc2c(C3CC[NH2+]CC3)noc2c1.[Cl-]. The van der Waals surface area contributed by atoms with Crippen LogP contribution in [0.25, 0.3) is 11.0 Å². The second kappa shape index (κ2) is 5.02. The summed E-state index contributed by atoms with van der Waals surface area (Å²) >= 11 is 0. The van der Waals surface area contributed by atoms with Crippen molar-refractivity contribution < 1.29 is 26.6 Å². The normalized spacial score (nSPS) is 17.0. The van der Waals surface area contributed by atoms with Crippen LogP contribution in [-0.2, 0) is 0 Å². The number of benzene rings is 1. The van der Waals surface area contributed by atoms with E-state index < -0.39 is 0 Å². The van der Waals surface area contributed by atoms with Gasteiger partial charge in [-0.15, -0.1) is 0 Å². The molecule has 0 atom stereocenters. The molecule has 0 amide bonds. The number of nitrogens with two attached hydrogens (primary N) is 1. The lowest BCUT2D eigenvalue weighted by Gasteiger charge is -2.17. The molecule has 3 nitrogen and oxygen atoms in total. The fraction of sp³-hybridized carbons (Fsp3) is 0.417. The van der Waals surface area contributed by atoms with E-state index in [1.807, 2.05) is 0 Å². The first-order valence-corrected chi connectivity index (χ1v) is 5.71. The van der Waals surface area contributed by atoms with Crippen LogP contribution in [0.1, 0.15) is 24.5 Å². The molecule has 1 fully saturated rings. The summed E-state index contributed by atoms with van der Waals surface area (Å²) in [5.41, 5.74) is 1.56. The monoisotopic (exact) mass is 256 g/mol. The Bertz CT molecular complexity index is 508. The zero-order chi connectivity index (χ0) is 11.0. The molecule has 2 aromatic rings. The van der Waals surface area contributed by atoms with Crippen LogP contribution in [-0.4, -0.2) is 18.2 Å². The van der Waals surface area contributed by atoms with Gasteiger partial charge in [-0.25, -0.2) is 4.39 Å². The first kappa shape index (κ1) is 12.3. The second-order valence-electron chi connectivity index (χ2n) is 4.35. The maximum atomic E-state index is 13.0. The predicted molar refractivity (Wildman–Crippen MR) is 57.6 cm³/mol. The fourth-order valence-electron chi connectivity index (χ4n) is 2.43. The summed E-state index contributed by atoms with van der Waals surface area (Å²) < 4.78 is 18.2. The number of hydrogen-bond acceptors (Lipinski definition) is 2. The van der Waals surface area contributed by atoms with Crippen molar-refractivity contribution in [3.63, 3.8) is 0 Å². The van der Waals surface area contributed by atoms with Gasteiger partial charge in [-0.2, -0.15) is 0 Å². The Morgan fingerprint density at radius 1 is 1.29 bits per heavy atom. The average Bonchev–Trinajstić information content (AvgIpc) is 2.73. The van der Waals surface area contributed by atoms with E-state index in [9.17, 15) is 4.39 Å². The van der Waals surface area contributed by atoms with Gasteiger partial charge in [0, 0.05) is 30.2 Å². The highest BCUT2D eigenvalue weighted by molar-refractivity contribution is 5.79. The van der Waals surface area contributed by atoms with Crippen molar-refractivity contribution in [2.45, 2.75) is 18.8 Å². The molecule has 1 aromatic heterocycles. The Hall–Kier alpha value is -1.13. The molecule has 1 aliphatic heterocycles. The summed E-state index contributed by atoms with van der Waals surface area (Å²) in [4.78, 5) is 0. The van der Waals surface area contributed by atoms with Gasteiger partial charge >= 0.3 is 0 Å². The van der Waals surface area contributed by atoms with Crippen molar-refractivity contribution >= 4 is 11.0 Å². The van der Waals surface area contributed by atoms with E-state index in [0.29, 0.717) is 11.5 Å².